The molecule has 0 amide bonds. The molecule has 0 heterocycles. The SMILES string of the molecule is C=C.NC(=S)[S-].NC(=S)[S-].[NH4+].[NH4+]. The topological polar surface area (TPSA) is 125 Å². The van der Waals surface area contributed by atoms with Crippen molar-refractivity contribution in [3.63, 3.8) is 0 Å². The van der Waals surface area contributed by atoms with E-state index in [0.717, 1.165) is 0 Å². The Hall–Kier alpha value is -0.120. The van der Waals surface area contributed by atoms with Gasteiger partial charge in [0.05, 0.1) is 0 Å². The molecule has 0 aliphatic rings. The Balaban J connectivity index is -0.0000000198. The molecule has 0 saturated heterocycles. The summed E-state index contributed by atoms with van der Waals surface area (Å²) in [6.45, 7) is 6.00. The van der Waals surface area contributed by atoms with Gasteiger partial charge in [-0.05, 0) is 0 Å². The van der Waals surface area contributed by atoms with Crippen LogP contribution in [0.3, 0.4) is 0 Å². The first-order chi connectivity index (χ1) is 4.46. The highest BCUT2D eigenvalue weighted by molar-refractivity contribution is 8.00. The van der Waals surface area contributed by atoms with Gasteiger partial charge in [0.25, 0.3) is 0 Å². The lowest BCUT2D eigenvalue weighted by Gasteiger charge is -1.83. The van der Waals surface area contributed by atoms with E-state index in [1.165, 1.54) is 0 Å². The van der Waals surface area contributed by atoms with Gasteiger partial charge in [-0.2, -0.15) is 0 Å². The average Bonchev–Trinajstić information content (AvgIpc) is 1.66. The van der Waals surface area contributed by atoms with Crippen LogP contribution in [-0.4, -0.2) is 8.64 Å². The van der Waals surface area contributed by atoms with Crippen LogP contribution in [0.15, 0.2) is 13.2 Å². The van der Waals surface area contributed by atoms with Crippen molar-refractivity contribution in [2.24, 2.45) is 11.5 Å². The molecule has 0 radical (unpaired) electrons. The fraction of sp³-hybridized carbons (Fsp3) is 0. The van der Waals surface area contributed by atoms with Gasteiger partial charge in [-0.25, -0.2) is 0 Å². The van der Waals surface area contributed by atoms with E-state index in [9.17, 15) is 0 Å². The maximum atomic E-state index is 4.66. The predicted octanol–water partition coefficient (Wildman–Crippen LogP) is 1.11. The smallest absolute Gasteiger partial charge is 0.0708 e. The van der Waals surface area contributed by atoms with Crippen molar-refractivity contribution < 1.29 is 0 Å². The molecule has 12 heavy (non-hydrogen) atoms. The second kappa shape index (κ2) is 30.7. The van der Waals surface area contributed by atoms with E-state index < -0.39 is 0 Å². The summed E-state index contributed by atoms with van der Waals surface area (Å²) in [5.74, 6) is 0. The quantitative estimate of drug-likeness (QED) is 0.289. The zero-order valence-corrected chi connectivity index (χ0v) is 10.5. The molecule has 0 aromatic heterocycles. The van der Waals surface area contributed by atoms with Gasteiger partial charge in [0.15, 0.2) is 0 Å². The summed E-state index contributed by atoms with van der Waals surface area (Å²) in [7, 11) is 0. The zero-order chi connectivity index (χ0) is 9.15. The molecule has 8 heteroatoms. The van der Waals surface area contributed by atoms with Gasteiger partial charge in [0, 0.05) is 0 Å². The first-order valence-electron chi connectivity index (χ1n) is 1.89. The molecule has 76 valence electrons. The van der Waals surface area contributed by atoms with E-state index >= 15 is 0 Å². The van der Waals surface area contributed by atoms with Crippen LogP contribution in [0.4, 0.5) is 0 Å². The second-order valence-electron chi connectivity index (χ2n) is 0.638. The molecule has 4 nitrogen and oxygen atoms in total. The Morgan fingerprint density at radius 2 is 0.917 bits per heavy atom. The van der Waals surface area contributed by atoms with Crippen LogP contribution in [0.25, 0.3) is 0 Å². The lowest BCUT2D eigenvalue weighted by molar-refractivity contribution is 1.91. The van der Waals surface area contributed by atoms with Crippen molar-refractivity contribution in [3.05, 3.63) is 13.2 Å². The summed E-state index contributed by atoms with van der Waals surface area (Å²) >= 11 is 16.5. The third-order valence-corrected chi connectivity index (χ3v) is 0. The van der Waals surface area contributed by atoms with Crippen LogP contribution in [0.2, 0.25) is 0 Å². The lowest BCUT2D eigenvalue weighted by atomic mass is 11.3. The molecule has 0 aliphatic heterocycles. The van der Waals surface area contributed by atoms with Gasteiger partial charge < -0.3 is 73.5 Å². The summed E-state index contributed by atoms with van der Waals surface area (Å²) in [5.41, 5.74) is 9.31. The third kappa shape index (κ3) is 54100. The van der Waals surface area contributed by atoms with Gasteiger partial charge in [-0.1, -0.05) is 8.64 Å². The molecule has 0 aromatic carbocycles. The van der Waals surface area contributed by atoms with Crippen molar-refractivity contribution >= 4 is 58.3 Å². The summed E-state index contributed by atoms with van der Waals surface area (Å²) in [6, 6.07) is 0. The molecule has 0 atom stereocenters. The number of quaternary nitrogens is 2. The minimum absolute atomic E-state index is 0. The first kappa shape index (κ1) is 29.7. The highest BCUT2D eigenvalue weighted by Gasteiger charge is 1.35. The van der Waals surface area contributed by atoms with Crippen LogP contribution in [0, 0.1) is 0 Å². The summed E-state index contributed by atoms with van der Waals surface area (Å²) in [5, 5.41) is 0. The van der Waals surface area contributed by atoms with Crippen LogP contribution >= 0.6 is 24.4 Å². The molecule has 0 bridgehead atoms. The number of thiocarbonyl (C=S) groups is 2. The van der Waals surface area contributed by atoms with Gasteiger partial charge in [0.2, 0.25) is 0 Å². The van der Waals surface area contributed by atoms with Crippen molar-refractivity contribution in [2.75, 3.05) is 0 Å². The second-order valence-corrected chi connectivity index (χ2v) is 2.91. The zero-order valence-electron chi connectivity index (χ0n) is 7.20. The normalized spacial score (nSPS) is 4.33. The predicted molar refractivity (Wildman–Crippen MR) is 71.5 cm³/mol. The Bertz CT molecular complexity index is 87.2. The Morgan fingerprint density at radius 3 is 0.917 bits per heavy atom. The molecule has 0 unspecified atom stereocenters. The number of hydrogen-bond acceptors (Lipinski definition) is 4. The van der Waals surface area contributed by atoms with Gasteiger partial charge in [0.1, 0.15) is 0 Å². The van der Waals surface area contributed by atoms with E-state index in [2.05, 4.69) is 74.3 Å². The van der Waals surface area contributed by atoms with Crippen LogP contribution in [0.5, 0.6) is 0 Å². The minimum atomic E-state index is 0. The number of nitrogens with two attached hydrogens (primary N) is 2. The highest BCUT2D eigenvalue weighted by Crippen LogP contribution is 1.45. The Morgan fingerprint density at radius 1 is 0.917 bits per heavy atom. The molecule has 0 spiro atoms. The molecule has 0 fully saturated rings. The molecule has 0 aliphatic carbocycles. The number of rotatable bonds is 0. The number of hydrogen-bond donors (Lipinski definition) is 4. The van der Waals surface area contributed by atoms with Crippen LogP contribution < -0.4 is 23.8 Å². The van der Waals surface area contributed by atoms with Crippen LogP contribution in [-0.2, 0) is 25.3 Å². The fourth-order valence-electron chi connectivity index (χ4n) is 0. The molecule has 0 aromatic rings. The molecular formula is C4H16N4S4. The highest BCUT2D eigenvalue weighted by atomic mass is 32.1. The monoisotopic (exact) mass is 248 g/mol. The molecule has 0 saturated carbocycles. The van der Waals surface area contributed by atoms with Crippen LogP contribution in [0.1, 0.15) is 0 Å². The lowest BCUT2D eigenvalue weighted by Crippen LogP contribution is -1.99. The van der Waals surface area contributed by atoms with Crippen molar-refractivity contribution in [1.82, 2.24) is 12.3 Å². The maximum Gasteiger partial charge on any atom is -0.0708 e. The van der Waals surface area contributed by atoms with E-state index in [1.807, 2.05) is 0 Å². The van der Waals surface area contributed by atoms with Gasteiger partial charge in [-0.3, -0.25) is 0 Å². The van der Waals surface area contributed by atoms with Gasteiger partial charge >= 0.3 is 0 Å². The summed E-state index contributed by atoms with van der Waals surface area (Å²) < 4.78 is 0.167. The third-order valence-electron chi connectivity index (χ3n) is 0. The van der Waals surface area contributed by atoms with E-state index in [1.54, 1.807) is 0 Å². The minimum Gasteiger partial charge on any atom is -0.415 e. The van der Waals surface area contributed by atoms with E-state index in [-0.39, 0.29) is 20.9 Å². The van der Waals surface area contributed by atoms with Gasteiger partial charge in [-0.15, -0.1) is 13.2 Å². The summed E-state index contributed by atoms with van der Waals surface area (Å²) in [6.07, 6.45) is 0. The van der Waals surface area contributed by atoms with Crippen molar-refractivity contribution in [1.29, 1.82) is 0 Å². The molecular weight excluding hydrogens is 232 g/mol. The van der Waals surface area contributed by atoms with Crippen molar-refractivity contribution in [2.45, 2.75) is 0 Å². The maximum absolute atomic E-state index is 4.66. The Kier molecular flexibility index (Phi) is 76.1. The fourth-order valence-corrected chi connectivity index (χ4v) is 0. The standard InChI is InChI=1S/C2H4.2CH3NS2.2H3N/c1-2;2*2-1(3)4;;/h1-2H2;2*(H3,2,3,4);2*1H3. The largest absolute Gasteiger partial charge is 0.415 e. The van der Waals surface area contributed by atoms with E-state index in [0.29, 0.717) is 0 Å². The van der Waals surface area contributed by atoms with E-state index in [4.69, 9.17) is 0 Å². The summed E-state index contributed by atoms with van der Waals surface area (Å²) in [4.78, 5) is 0. The van der Waals surface area contributed by atoms with Crippen molar-refractivity contribution in [3.8, 4) is 0 Å². The molecule has 12 N–H and O–H groups in total. The molecule has 0 rings (SSSR count). The Labute approximate surface area is 95.1 Å². The first-order valence-corrected chi connectivity index (χ1v) is 3.53. The average molecular weight is 248 g/mol.